The largest absolute Gasteiger partial charge is 0.461 e. The molecule has 0 aliphatic carbocycles. The monoisotopic (exact) mass is 327 g/mol. The normalized spacial score (nSPS) is 10.2. The molecule has 0 aliphatic rings. The van der Waals surface area contributed by atoms with Crippen molar-refractivity contribution in [3.05, 3.63) is 59.7 Å². The Morgan fingerprint density at radius 1 is 1.08 bits per heavy atom. The molecule has 24 heavy (non-hydrogen) atoms. The first-order valence-electron chi connectivity index (χ1n) is 7.98. The van der Waals surface area contributed by atoms with E-state index in [1.165, 1.54) is 0 Å². The average Bonchev–Trinajstić information content (AvgIpc) is 2.63. The van der Waals surface area contributed by atoms with Gasteiger partial charge in [-0.2, -0.15) is 0 Å². The molecule has 126 valence electrons. The highest BCUT2D eigenvalue weighted by Crippen LogP contribution is 2.07. The maximum atomic E-state index is 12.6. The van der Waals surface area contributed by atoms with Crippen molar-refractivity contribution in [3.63, 3.8) is 0 Å². The van der Waals surface area contributed by atoms with Crippen LogP contribution in [0.15, 0.2) is 42.7 Å². The molecule has 0 saturated carbocycles. The van der Waals surface area contributed by atoms with Crippen molar-refractivity contribution in [2.75, 3.05) is 19.7 Å². The van der Waals surface area contributed by atoms with Crippen molar-refractivity contribution in [1.82, 2.24) is 14.9 Å². The summed E-state index contributed by atoms with van der Waals surface area (Å²) in [5, 5.41) is 0. The van der Waals surface area contributed by atoms with Gasteiger partial charge in [-0.3, -0.25) is 9.78 Å². The quantitative estimate of drug-likeness (QED) is 0.730. The summed E-state index contributed by atoms with van der Waals surface area (Å²) in [5.41, 5.74) is 1.51. The third kappa shape index (κ3) is 4.62. The van der Waals surface area contributed by atoms with Gasteiger partial charge in [-0.25, -0.2) is 9.78 Å². The third-order valence-electron chi connectivity index (χ3n) is 3.54. The van der Waals surface area contributed by atoms with Gasteiger partial charge in [0.2, 0.25) is 0 Å². The number of esters is 1. The molecule has 6 heteroatoms. The molecule has 2 aromatic rings. The van der Waals surface area contributed by atoms with E-state index in [4.69, 9.17) is 4.74 Å². The summed E-state index contributed by atoms with van der Waals surface area (Å²) in [6, 6.07) is 8.65. The standard InChI is InChI=1S/C18H21N3O3/c1-3-21(13-10-14-8-11-19-12-9-14)17(22)15-6-5-7-16(20-15)18(23)24-4-2/h5-9,11-12H,3-4,10,13H2,1-2H3. The van der Waals surface area contributed by atoms with E-state index in [2.05, 4.69) is 9.97 Å². The highest BCUT2D eigenvalue weighted by Gasteiger charge is 2.17. The maximum absolute atomic E-state index is 12.6. The molecule has 0 saturated heterocycles. The Labute approximate surface area is 141 Å². The van der Waals surface area contributed by atoms with E-state index in [1.807, 2.05) is 19.1 Å². The molecule has 0 N–H and O–H groups in total. The smallest absolute Gasteiger partial charge is 0.356 e. The summed E-state index contributed by atoms with van der Waals surface area (Å²) in [7, 11) is 0. The Morgan fingerprint density at radius 3 is 2.46 bits per heavy atom. The number of likely N-dealkylation sites (N-methyl/N-ethyl adjacent to an activating group) is 1. The Bertz CT molecular complexity index is 689. The number of amides is 1. The summed E-state index contributed by atoms with van der Waals surface area (Å²) >= 11 is 0. The highest BCUT2D eigenvalue weighted by molar-refractivity contribution is 5.94. The minimum absolute atomic E-state index is 0.146. The van der Waals surface area contributed by atoms with E-state index >= 15 is 0 Å². The molecule has 0 aliphatic heterocycles. The number of aromatic nitrogens is 2. The third-order valence-corrected chi connectivity index (χ3v) is 3.54. The number of carbonyl (C=O) groups is 2. The number of carbonyl (C=O) groups excluding carboxylic acids is 2. The minimum atomic E-state index is -0.521. The molecular formula is C18H21N3O3. The summed E-state index contributed by atoms with van der Waals surface area (Å²) in [6.45, 7) is 5.05. The van der Waals surface area contributed by atoms with E-state index in [0.717, 1.165) is 12.0 Å². The maximum Gasteiger partial charge on any atom is 0.356 e. The van der Waals surface area contributed by atoms with Crippen LogP contribution >= 0.6 is 0 Å². The Hall–Kier alpha value is -2.76. The molecular weight excluding hydrogens is 306 g/mol. The van der Waals surface area contributed by atoms with Crippen LogP contribution in [-0.4, -0.2) is 46.4 Å². The van der Waals surface area contributed by atoms with Crippen LogP contribution in [0.5, 0.6) is 0 Å². The van der Waals surface area contributed by atoms with Crippen LogP contribution in [0.2, 0.25) is 0 Å². The molecule has 0 aromatic carbocycles. The summed E-state index contributed by atoms with van der Waals surface area (Å²) < 4.78 is 4.92. The number of rotatable bonds is 7. The van der Waals surface area contributed by atoms with E-state index in [0.29, 0.717) is 13.1 Å². The molecule has 0 unspecified atom stereocenters. The molecule has 2 rings (SSSR count). The number of hydrogen-bond donors (Lipinski definition) is 0. The van der Waals surface area contributed by atoms with Gasteiger partial charge in [-0.1, -0.05) is 6.07 Å². The van der Waals surface area contributed by atoms with Crippen LogP contribution in [0.25, 0.3) is 0 Å². The molecule has 6 nitrogen and oxygen atoms in total. The zero-order valence-electron chi connectivity index (χ0n) is 13.9. The molecule has 1 amide bonds. The molecule has 2 aromatic heterocycles. The molecule has 0 bridgehead atoms. The van der Waals surface area contributed by atoms with Crippen molar-refractivity contribution in [1.29, 1.82) is 0 Å². The van der Waals surface area contributed by atoms with Gasteiger partial charge in [0.25, 0.3) is 5.91 Å². The Balaban J connectivity index is 2.07. The van der Waals surface area contributed by atoms with Crippen LogP contribution in [0.4, 0.5) is 0 Å². The van der Waals surface area contributed by atoms with Gasteiger partial charge in [0, 0.05) is 25.5 Å². The average molecular weight is 327 g/mol. The van der Waals surface area contributed by atoms with Crippen LogP contribution in [-0.2, 0) is 11.2 Å². The second-order valence-electron chi connectivity index (χ2n) is 5.12. The van der Waals surface area contributed by atoms with Crippen LogP contribution < -0.4 is 0 Å². The van der Waals surface area contributed by atoms with E-state index in [-0.39, 0.29) is 23.9 Å². The van der Waals surface area contributed by atoms with Crippen LogP contribution in [0.3, 0.4) is 0 Å². The summed E-state index contributed by atoms with van der Waals surface area (Å²) in [6.07, 6.45) is 4.20. The van der Waals surface area contributed by atoms with Gasteiger partial charge >= 0.3 is 5.97 Å². The van der Waals surface area contributed by atoms with E-state index in [1.54, 1.807) is 42.4 Å². The Morgan fingerprint density at radius 2 is 1.79 bits per heavy atom. The number of ether oxygens (including phenoxy) is 1. The lowest BCUT2D eigenvalue weighted by Gasteiger charge is -2.20. The zero-order chi connectivity index (χ0) is 17.4. The second kappa shape index (κ2) is 8.76. The number of hydrogen-bond acceptors (Lipinski definition) is 5. The number of nitrogens with zero attached hydrogens (tertiary/aromatic N) is 3. The SMILES string of the molecule is CCOC(=O)c1cccc(C(=O)N(CC)CCc2ccncc2)n1. The van der Waals surface area contributed by atoms with E-state index in [9.17, 15) is 9.59 Å². The summed E-state index contributed by atoms with van der Waals surface area (Å²) in [4.78, 5) is 34.2. The molecule has 0 spiro atoms. The fourth-order valence-electron chi connectivity index (χ4n) is 2.25. The minimum Gasteiger partial charge on any atom is -0.461 e. The van der Waals surface area contributed by atoms with E-state index < -0.39 is 5.97 Å². The lowest BCUT2D eigenvalue weighted by atomic mass is 10.2. The summed E-state index contributed by atoms with van der Waals surface area (Å²) in [5.74, 6) is -0.718. The van der Waals surface area contributed by atoms with Gasteiger partial charge in [0.15, 0.2) is 0 Å². The predicted octanol–water partition coefficient (Wildman–Crippen LogP) is 2.36. The highest BCUT2D eigenvalue weighted by atomic mass is 16.5. The molecule has 0 fully saturated rings. The van der Waals surface area contributed by atoms with Gasteiger partial charge < -0.3 is 9.64 Å². The predicted molar refractivity (Wildman–Crippen MR) is 89.7 cm³/mol. The van der Waals surface area contributed by atoms with Crippen LogP contribution in [0, 0.1) is 0 Å². The number of pyridine rings is 2. The van der Waals surface area contributed by atoms with Crippen molar-refractivity contribution in [2.45, 2.75) is 20.3 Å². The fraction of sp³-hybridized carbons (Fsp3) is 0.333. The topological polar surface area (TPSA) is 72.4 Å². The van der Waals surface area contributed by atoms with Gasteiger partial charge in [-0.05, 0) is 50.1 Å². The van der Waals surface area contributed by atoms with Crippen LogP contribution in [0.1, 0.15) is 40.4 Å². The molecule has 2 heterocycles. The first-order chi connectivity index (χ1) is 11.7. The lowest BCUT2D eigenvalue weighted by Crippen LogP contribution is -2.33. The first kappa shape index (κ1) is 17.6. The second-order valence-corrected chi connectivity index (χ2v) is 5.12. The van der Waals surface area contributed by atoms with Gasteiger partial charge in [0.05, 0.1) is 6.61 Å². The molecule has 0 atom stereocenters. The Kier molecular flexibility index (Phi) is 6.42. The first-order valence-corrected chi connectivity index (χ1v) is 7.98. The van der Waals surface area contributed by atoms with Gasteiger partial charge in [0.1, 0.15) is 11.4 Å². The van der Waals surface area contributed by atoms with Crippen molar-refractivity contribution >= 4 is 11.9 Å². The van der Waals surface area contributed by atoms with Gasteiger partial charge in [-0.15, -0.1) is 0 Å². The van der Waals surface area contributed by atoms with Crippen molar-refractivity contribution in [2.24, 2.45) is 0 Å². The fourth-order valence-corrected chi connectivity index (χ4v) is 2.25. The molecule has 0 radical (unpaired) electrons. The van der Waals surface area contributed by atoms with Crippen molar-refractivity contribution in [3.8, 4) is 0 Å². The zero-order valence-corrected chi connectivity index (χ0v) is 13.9. The lowest BCUT2D eigenvalue weighted by molar-refractivity contribution is 0.0519. The van der Waals surface area contributed by atoms with Crippen molar-refractivity contribution < 1.29 is 14.3 Å².